The zero-order valence-electron chi connectivity index (χ0n) is 6.14. The van der Waals surface area contributed by atoms with Crippen molar-refractivity contribution in [1.82, 2.24) is 0 Å². The maximum Gasteiger partial charge on any atom is 0.424 e. The molecule has 5 heteroatoms. The molecular weight excluding hydrogens is 161 g/mol. The van der Waals surface area contributed by atoms with Gasteiger partial charge in [0.05, 0.1) is 0 Å². The average molecular weight is 170 g/mol. The van der Waals surface area contributed by atoms with Crippen LogP contribution < -0.4 is 0 Å². The van der Waals surface area contributed by atoms with Gasteiger partial charge in [-0.1, -0.05) is 13.8 Å². The van der Waals surface area contributed by atoms with Gasteiger partial charge in [-0.2, -0.15) is 13.2 Å². The van der Waals surface area contributed by atoms with E-state index in [2.05, 4.69) is 0 Å². The van der Waals surface area contributed by atoms with Gasteiger partial charge in [-0.05, 0) is 5.92 Å². The predicted molar refractivity (Wildman–Crippen MR) is 31.9 cm³/mol. The maximum atomic E-state index is 11.9. The van der Waals surface area contributed by atoms with E-state index in [0.717, 1.165) is 13.8 Å². The minimum Gasteiger partial charge on any atom is -0.374 e. The Labute approximate surface area is 62.0 Å². The molecule has 66 valence electrons. The van der Waals surface area contributed by atoms with E-state index < -0.39 is 24.0 Å². The molecule has 0 heterocycles. The zero-order chi connectivity index (χ0) is 9.28. The normalized spacial score (nSPS) is 18.1. The average Bonchev–Trinajstić information content (AvgIpc) is 1.83. The number of alkyl halides is 3. The molecular formula is C6H9F3O2. The first-order chi connectivity index (χ1) is 4.75. The highest BCUT2D eigenvalue weighted by Crippen LogP contribution is 2.34. The van der Waals surface area contributed by atoms with E-state index in [0.29, 0.717) is 0 Å². The summed E-state index contributed by atoms with van der Waals surface area (Å²) < 4.78 is 35.6. The fraction of sp³-hybridized carbons (Fsp3) is 0.833. The highest BCUT2D eigenvalue weighted by molar-refractivity contribution is 5.64. The molecule has 0 saturated carbocycles. The Bertz CT molecular complexity index is 152. The van der Waals surface area contributed by atoms with Crippen LogP contribution in [0, 0.1) is 5.92 Å². The summed E-state index contributed by atoms with van der Waals surface area (Å²) in [6, 6.07) is 0. The smallest absolute Gasteiger partial charge is 0.374 e. The molecule has 0 fully saturated rings. The zero-order valence-corrected chi connectivity index (χ0v) is 6.14. The molecule has 0 aliphatic carbocycles. The van der Waals surface area contributed by atoms with E-state index in [-0.39, 0.29) is 0 Å². The second kappa shape index (κ2) is 2.81. The summed E-state index contributed by atoms with van der Waals surface area (Å²) in [4.78, 5) is 9.94. The Hall–Kier alpha value is -0.580. The number of aldehydes is 1. The monoisotopic (exact) mass is 170 g/mol. The summed E-state index contributed by atoms with van der Waals surface area (Å²) in [5.41, 5.74) is -3.20. The molecule has 1 N–H and O–H groups in total. The molecule has 0 aliphatic heterocycles. The molecule has 0 aromatic heterocycles. The quantitative estimate of drug-likeness (QED) is 0.631. The first-order valence-corrected chi connectivity index (χ1v) is 3.01. The van der Waals surface area contributed by atoms with E-state index in [1.165, 1.54) is 0 Å². The minimum absolute atomic E-state index is 0.475. The van der Waals surface area contributed by atoms with Crippen LogP contribution in [-0.2, 0) is 4.79 Å². The summed E-state index contributed by atoms with van der Waals surface area (Å²) in [6.45, 7) is 2.25. The van der Waals surface area contributed by atoms with Crippen LogP contribution in [0.5, 0.6) is 0 Å². The third kappa shape index (κ3) is 1.71. The summed E-state index contributed by atoms with van der Waals surface area (Å²) >= 11 is 0. The van der Waals surface area contributed by atoms with Crippen molar-refractivity contribution in [2.24, 2.45) is 5.92 Å². The number of halogens is 3. The highest BCUT2D eigenvalue weighted by atomic mass is 19.4. The van der Waals surface area contributed by atoms with E-state index in [9.17, 15) is 18.0 Å². The first-order valence-electron chi connectivity index (χ1n) is 3.01. The second-order valence-electron chi connectivity index (χ2n) is 2.60. The fourth-order valence-corrected chi connectivity index (χ4v) is 0.530. The van der Waals surface area contributed by atoms with Crippen molar-refractivity contribution in [3.8, 4) is 0 Å². The van der Waals surface area contributed by atoms with E-state index in [1.54, 1.807) is 0 Å². The molecule has 0 aliphatic rings. The second-order valence-corrected chi connectivity index (χ2v) is 2.60. The number of hydrogen-bond acceptors (Lipinski definition) is 2. The molecule has 0 amide bonds. The molecule has 0 saturated heterocycles. The molecule has 0 aromatic rings. The van der Waals surface area contributed by atoms with E-state index in [1.807, 2.05) is 0 Å². The van der Waals surface area contributed by atoms with Crippen LogP contribution >= 0.6 is 0 Å². The van der Waals surface area contributed by atoms with Gasteiger partial charge in [0, 0.05) is 0 Å². The van der Waals surface area contributed by atoms with Crippen molar-refractivity contribution in [2.45, 2.75) is 25.6 Å². The molecule has 2 nitrogen and oxygen atoms in total. The Morgan fingerprint density at radius 1 is 1.36 bits per heavy atom. The van der Waals surface area contributed by atoms with Gasteiger partial charge in [-0.15, -0.1) is 0 Å². The largest absolute Gasteiger partial charge is 0.424 e. The van der Waals surface area contributed by atoms with Crippen LogP contribution in [0.15, 0.2) is 0 Å². The number of carbonyl (C=O) groups excluding carboxylic acids is 1. The van der Waals surface area contributed by atoms with Crippen LogP contribution in [0.2, 0.25) is 0 Å². The number of carbonyl (C=O) groups is 1. The summed E-state index contributed by atoms with van der Waals surface area (Å²) in [6.07, 6.45) is -5.36. The Morgan fingerprint density at radius 2 is 1.73 bits per heavy atom. The maximum absolute atomic E-state index is 11.9. The van der Waals surface area contributed by atoms with Gasteiger partial charge >= 0.3 is 6.18 Å². The fourth-order valence-electron chi connectivity index (χ4n) is 0.530. The molecule has 0 radical (unpaired) electrons. The van der Waals surface area contributed by atoms with Crippen LogP contribution in [0.3, 0.4) is 0 Å². The van der Waals surface area contributed by atoms with Crippen LogP contribution in [0.1, 0.15) is 13.8 Å². The SMILES string of the molecule is CC(C)C(O)(C=O)C(F)(F)F. The Balaban J connectivity index is 4.75. The van der Waals surface area contributed by atoms with E-state index in [4.69, 9.17) is 5.11 Å². The molecule has 11 heavy (non-hydrogen) atoms. The molecule has 0 bridgehead atoms. The lowest BCUT2D eigenvalue weighted by Gasteiger charge is -2.28. The number of aliphatic hydroxyl groups is 1. The standard InChI is InChI=1S/C6H9F3O2/c1-4(2)5(11,3-10)6(7,8)9/h3-4,11H,1-2H3. The van der Waals surface area contributed by atoms with E-state index >= 15 is 0 Å². The number of rotatable bonds is 2. The van der Waals surface area contributed by atoms with Crippen LogP contribution in [0.4, 0.5) is 13.2 Å². The molecule has 1 unspecified atom stereocenters. The first kappa shape index (κ1) is 10.4. The van der Waals surface area contributed by atoms with Gasteiger partial charge < -0.3 is 5.11 Å². The van der Waals surface area contributed by atoms with Crippen molar-refractivity contribution in [1.29, 1.82) is 0 Å². The lowest BCUT2D eigenvalue weighted by atomic mass is 9.91. The van der Waals surface area contributed by atoms with Crippen molar-refractivity contribution < 1.29 is 23.1 Å². The minimum atomic E-state index is -4.89. The van der Waals surface area contributed by atoms with Gasteiger partial charge in [0.15, 0.2) is 6.29 Å². The lowest BCUT2D eigenvalue weighted by Crippen LogP contribution is -2.51. The molecule has 1 atom stereocenters. The topological polar surface area (TPSA) is 37.3 Å². The molecule has 0 rings (SSSR count). The third-order valence-corrected chi connectivity index (χ3v) is 1.51. The van der Waals surface area contributed by atoms with Crippen LogP contribution in [-0.4, -0.2) is 23.2 Å². The predicted octanol–water partition coefficient (Wildman–Crippen LogP) is 1.13. The van der Waals surface area contributed by atoms with Crippen LogP contribution in [0.25, 0.3) is 0 Å². The van der Waals surface area contributed by atoms with Crippen molar-refractivity contribution in [2.75, 3.05) is 0 Å². The number of hydrogen-bond donors (Lipinski definition) is 1. The Kier molecular flexibility index (Phi) is 2.66. The molecule has 0 spiro atoms. The third-order valence-electron chi connectivity index (χ3n) is 1.51. The van der Waals surface area contributed by atoms with Gasteiger partial charge in [-0.25, -0.2) is 0 Å². The molecule has 0 aromatic carbocycles. The van der Waals surface area contributed by atoms with Crippen molar-refractivity contribution in [3.63, 3.8) is 0 Å². The lowest BCUT2D eigenvalue weighted by molar-refractivity contribution is -0.257. The Morgan fingerprint density at radius 3 is 1.73 bits per heavy atom. The summed E-state index contributed by atoms with van der Waals surface area (Å²) in [5, 5.41) is 8.74. The van der Waals surface area contributed by atoms with Gasteiger partial charge in [0.2, 0.25) is 5.60 Å². The van der Waals surface area contributed by atoms with Crippen molar-refractivity contribution in [3.05, 3.63) is 0 Å². The van der Waals surface area contributed by atoms with Gasteiger partial charge in [-0.3, -0.25) is 4.79 Å². The van der Waals surface area contributed by atoms with Crippen molar-refractivity contribution >= 4 is 6.29 Å². The van der Waals surface area contributed by atoms with Gasteiger partial charge in [0.1, 0.15) is 0 Å². The highest BCUT2D eigenvalue weighted by Gasteiger charge is 2.55. The summed E-state index contributed by atoms with van der Waals surface area (Å²) in [7, 11) is 0. The summed E-state index contributed by atoms with van der Waals surface area (Å²) in [5.74, 6) is -1.17. The van der Waals surface area contributed by atoms with Gasteiger partial charge in [0.25, 0.3) is 0 Å².